The highest BCUT2D eigenvalue weighted by atomic mass is 33.7. The summed E-state index contributed by atoms with van der Waals surface area (Å²) in [5.74, 6) is -0.449. The first-order chi connectivity index (χ1) is 8.74. The Kier molecular flexibility index (Phi) is 5.75. The Labute approximate surface area is 120 Å². The molecule has 0 atom stereocenters. The summed E-state index contributed by atoms with van der Waals surface area (Å²) in [6.45, 7) is 0. The van der Waals surface area contributed by atoms with E-state index in [0.717, 1.165) is 9.79 Å². The van der Waals surface area contributed by atoms with Gasteiger partial charge in [0.1, 0.15) is 11.6 Å². The van der Waals surface area contributed by atoms with E-state index in [1.54, 1.807) is 65.5 Å². The molecule has 0 bridgehead atoms. The average Bonchev–Trinajstić information content (AvgIpc) is 2.39. The van der Waals surface area contributed by atoms with Gasteiger partial charge in [-0.2, -0.15) is 0 Å². The molecule has 0 nitrogen and oxygen atoms in total. The molecular weight excluding hydrogens is 310 g/mol. The summed E-state index contributed by atoms with van der Waals surface area (Å²) in [6, 6.07) is 12.8. The molecule has 0 aliphatic carbocycles. The highest BCUT2D eigenvalue weighted by molar-refractivity contribution is 9.26. The number of hydrogen-bond acceptors (Lipinski definition) is 4. The van der Waals surface area contributed by atoms with E-state index in [1.807, 2.05) is 0 Å². The summed E-state index contributed by atoms with van der Waals surface area (Å²) in [7, 11) is 6.32. The Morgan fingerprint density at radius 2 is 0.889 bits per heavy atom. The van der Waals surface area contributed by atoms with Crippen molar-refractivity contribution in [2.24, 2.45) is 0 Å². The zero-order valence-corrected chi connectivity index (χ0v) is 12.3. The maximum atomic E-state index is 12.7. The summed E-state index contributed by atoms with van der Waals surface area (Å²) >= 11 is 0. The Hall–Kier alpha value is -0.300. The largest absolute Gasteiger partial charge is 0.207 e. The molecular formula is C12H8F2S4. The van der Waals surface area contributed by atoms with E-state index >= 15 is 0 Å². The Morgan fingerprint density at radius 3 is 1.22 bits per heavy atom. The van der Waals surface area contributed by atoms with Crippen LogP contribution in [0.25, 0.3) is 0 Å². The zero-order valence-electron chi connectivity index (χ0n) is 9.01. The lowest BCUT2D eigenvalue weighted by molar-refractivity contribution is 0.626. The SMILES string of the molecule is Fc1ccc(SSSSc2ccc(F)cc2)cc1. The van der Waals surface area contributed by atoms with Crippen LogP contribution in [0.15, 0.2) is 58.3 Å². The first-order valence-electron chi connectivity index (χ1n) is 4.93. The molecule has 18 heavy (non-hydrogen) atoms. The number of hydrogen-bond donors (Lipinski definition) is 0. The van der Waals surface area contributed by atoms with Crippen LogP contribution in [-0.2, 0) is 0 Å². The smallest absolute Gasteiger partial charge is 0.123 e. The van der Waals surface area contributed by atoms with Crippen LogP contribution >= 0.6 is 41.2 Å². The minimum atomic E-state index is -0.224. The minimum absolute atomic E-state index is 0.224. The summed E-state index contributed by atoms with van der Waals surface area (Å²) in [6.07, 6.45) is 0. The molecule has 0 aromatic heterocycles. The van der Waals surface area contributed by atoms with Crippen molar-refractivity contribution in [3.05, 3.63) is 60.2 Å². The van der Waals surface area contributed by atoms with E-state index < -0.39 is 0 Å². The third-order valence-electron chi connectivity index (χ3n) is 1.92. The molecule has 0 aliphatic rings. The monoisotopic (exact) mass is 318 g/mol. The number of rotatable bonds is 5. The molecule has 0 radical (unpaired) electrons. The van der Waals surface area contributed by atoms with Gasteiger partial charge in [-0.05, 0) is 89.8 Å². The van der Waals surface area contributed by atoms with Crippen molar-refractivity contribution < 1.29 is 8.78 Å². The molecule has 0 heterocycles. The van der Waals surface area contributed by atoms with Crippen LogP contribution in [-0.4, -0.2) is 0 Å². The maximum Gasteiger partial charge on any atom is 0.123 e. The number of benzene rings is 2. The summed E-state index contributed by atoms with van der Waals surface area (Å²) in [4.78, 5) is 2.02. The molecule has 0 spiro atoms. The second kappa shape index (κ2) is 7.33. The topological polar surface area (TPSA) is 0 Å². The van der Waals surface area contributed by atoms with Crippen LogP contribution in [0.4, 0.5) is 8.78 Å². The summed E-state index contributed by atoms with van der Waals surface area (Å²) in [5, 5.41) is 0. The van der Waals surface area contributed by atoms with Crippen LogP contribution in [0, 0.1) is 11.6 Å². The van der Waals surface area contributed by atoms with Crippen molar-refractivity contribution in [2.75, 3.05) is 0 Å². The molecule has 2 aromatic carbocycles. The molecule has 0 fully saturated rings. The summed E-state index contributed by atoms with van der Waals surface area (Å²) in [5.41, 5.74) is 0. The Bertz CT molecular complexity index is 437. The van der Waals surface area contributed by atoms with Gasteiger partial charge < -0.3 is 0 Å². The molecule has 2 aromatic rings. The van der Waals surface area contributed by atoms with E-state index in [0.29, 0.717) is 0 Å². The van der Waals surface area contributed by atoms with Gasteiger partial charge >= 0.3 is 0 Å². The van der Waals surface area contributed by atoms with Crippen molar-refractivity contribution in [3.8, 4) is 0 Å². The average molecular weight is 318 g/mol. The molecule has 2 rings (SSSR count). The Morgan fingerprint density at radius 1 is 0.556 bits per heavy atom. The van der Waals surface area contributed by atoms with Crippen LogP contribution in [0.5, 0.6) is 0 Å². The van der Waals surface area contributed by atoms with Crippen LogP contribution in [0.2, 0.25) is 0 Å². The van der Waals surface area contributed by atoms with Gasteiger partial charge in [0, 0.05) is 9.79 Å². The first-order valence-corrected chi connectivity index (χ1v) is 9.75. The molecule has 0 aliphatic heterocycles. The van der Waals surface area contributed by atoms with Crippen LogP contribution in [0.1, 0.15) is 0 Å². The van der Waals surface area contributed by atoms with Gasteiger partial charge in [-0.25, -0.2) is 8.78 Å². The van der Waals surface area contributed by atoms with Crippen LogP contribution < -0.4 is 0 Å². The lowest BCUT2D eigenvalue weighted by atomic mass is 10.4. The highest BCUT2D eigenvalue weighted by Gasteiger charge is 1.99. The van der Waals surface area contributed by atoms with Crippen molar-refractivity contribution in [1.29, 1.82) is 0 Å². The fourth-order valence-corrected chi connectivity index (χ4v) is 6.51. The van der Waals surface area contributed by atoms with Crippen molar-refractivity contribution in [2.45, 2.75) is 9.79 Å². The second-order valence-corrected chi connectivity index (χ2v) is 9.02. The van der Waals surface area contributed by atoms with Gasteiger partial charge in [0.25, 0.3) is 0 Å². The quantitative estimate of drug-likeness (QED) is 0.485. The predicted molar refractivity (Wildman–Crippen MR) is 79.7 cm³/mol. The third kappa shape index (κ3) is 4.76. The Balaban J connectivity index is 1.73. The predicted octanol–water partition coefficient (Wildman–Crippen LogP) is 6.06. The number of halogens is 2. The molecule has 6 heteroatoms. The molecule has 0 unspecified atom stereocenters. The molecule has 0 saturated carbocycles. The van der Waals surface area contributed by atoms with Gasteiger partial charge in [-0.15, -0.1) is 0 Å². The summed E-state index contributed by atoms with van der Waals surface area (Å²) < 4.78 is 25.3. The third-order valence-corrected chi connectivity index (χ3v) is 7.99. The molecule has 94 valence electrons. The van der Waals surface area contributed by atoms with Crippen molar-refractivity contribution in [1.82, 2.24) is 0 Å². The lowest BCUT2D eigenvalue weighted by Crippen LogP contribution is -1.71. The van der Waals surface area contributed by atoms with E-state index in [-0.39, 0.29) is 11.6 Å². The normalized spacial score (nSPS) is 10.6. The van der Waals surface area contributed by atoms with Gasteiger partial charge in [0.2, 0.25) is 0 Å². The molecule has 0 saturated heterocycles. The standard InChI is InChI=1S/C12H8F2S4/c13-9-1-5-11(6-2-9)15-17-18-16-12-7-3-10(14)4-8-12/h1-8H. The van der Waals surface area contributed by atoms with Gasteiger partial charge in [-0.3, -0.25) is 0 Å². The van der Waals surface area contributed by atoms with E-state index in [4.69, 9.17) is 0 Å². The molecule has 0 amide bonds. The first kappa shape index (κ1) is 14.1. The lowest BCUT2D eigenvalue weighted by Gasteiger charge is -2.00. The van der Waals surface area contributed by atoms with Crippen LogP contribution in [0.3, 0.4) is 0 Å². The zero-order chi connectivity index (χ0) is 12.8. The van der Waals surface area contributed by atoms with E-state index in [1.165, 1.54) is 24.3 Å². The van der Waals surface area contributed by atoms with Crippen molar-refractivity contribution in [3.63, 3.8) is 0 Å². The van der Waals surface area contributed by atoms with Gasteiger partial charge in [-0.1, -0.05) is 0 Å². The fourth-order valence-electron chi connectivity index (χ4n) is 1.09. The molecule has 0 N–H and O–H groups in total. The minimum Gasteiger partial charge on any atom is -0.207 e. The van der Waals surface area contributed by atoms with Gasteiger partial charge in [0.05, 0.1) is 0 Å². The van der Waals surface area contributed by atoms with E-state index in [9.17, 15) is 8.78 Å². The van der Waals surface area contributed by atoms with Crippen molar-refractivity contribution >= 4 is 41.2 Å². The van der Waals surface area contributed by atoms with E-state index in [2.05, 4.69) is 0 Å². The van der Waals surface area contributed by atoms with Gasteiger partial charge in [0.15, 0.2) is 0 Å². The maximum absolute atomic E-state index is 12.7. The fraction of sp³-hybridized carbons (Fsp3) is 0. The second-order valence-electron chi connectivity index (χ2n) is 3.21. The highest BCUT2D eigenvalue weighted by Crippen LogP contribution is 2.49.